The molecule has 4 amide bonds. The molecule has 0 bridgehead atoms. The summed E-state index contributed by atoms with van der Waals surface area (Å²) in [7, 11) is 0. The maximum atomic E-state index is 12.4. The highest BCUT2D eigenvalue weighted by molar-refractivity contribution is 7.98. The quantitative estimate of drug-likeness (QED) is 0.121. The molecule has 3 atom stereocenters. The van der Waals surface area contributed by atoms with E-state index in [0.29, 0.717) is 31.6 Å². The third-order valence-corrected chi connectivity index (χ3v) is 4.66. The number of nitrogens with two attached hydrogens (primary N) is 3. The van der Waals surface area contributed by atoms with E-state index in [-0.39, 0.29) is 6.42 Å². The zero-order chi connectivity index (χ0) is 23.1. The minimum Gasteiger partial charge on any atom is -0.480 e. The number of primary amides is 1. The largest absolute Gasteiger partial charge is 0.480 e. The van der Waals surface area contributed by atoms with Crippen molar-refractivity contribution >= 4 is 41.4 Å². The summed E-state index contributed by atoms with van der Waals surface area (Å²) in [6.45, 7) is -0.0828. The summed E-state index contributed by atoms with van der Waals surface area (Å²) < 4.78 is 0. The number of rotatable bonds is 16. The molecule has 0 heterocycles. The molecule has 0 spiro atoms. The van der Waals surface area contributed by atoms with Crippen molar-refractivity contribution in [1.29, 1.82) is 0 Å². The van der Waals surface area contributed by atoms with Gasteiger partial charge in [0.2, 0.25) is 23.6 Å². The molecule has 0 saturated heterocycles. The molecule has 0 fully saturated rings. The highest BCUT2D eigenvalue weighted by atomic mass is 32.2. The van der Waals surface area contributed by atoms with Crippen LogP contribution >= 0.6 is 11.8 Å². The molecule has 10 N–H and O–H groups in total. The Morgan fingerprint density at radius 1 is 1.00 bits per heavy atom. The molecule has 0 aliphatic rings. The van der Waals surface area contributed by atoms with Crippen LogP contribution in [0.1, 0.15) is 32.1 Å². The van der Waals surface area contributed by atoms with Crippen molar-refractivity contribution in [2.75, 3.05) is 25.1 Å². The van der Waals surface area contributed by atoms with Gasteiger partial charge in [0.05, 0.1) is 19.0 Å². The maximum absolute atomic E-state index is 12.4. The number of thioether (sulfide) groups is 1. The number of carbonyl (C=O) groups excluding carboxylic acids is 4. The van der Waals surface area contributed by atoms with Crippen molar-refractivity contribution in [2.24, 2.45) is 17.2 Å². The van der Waals surface area contributed by atoms with Crippen LogP contribution in [0.25, 0.3) is 0 Å². The van der Waals surface area contributed by atoms with Crippen LogP contribution < -0.4 is 33.2 Å². The molecule has 30 heavy (non-hydrogen) atoms. The van der Waals surface area contributed by atoms with Gasteiger partial charge in [0.15, 0.2) is 0 Å². The molecule has 0 aliphatic carbocycles. The Hall–Kier alpha value is -2.38. The van der Waals surface area contributed by atoms with Gasteiger partial charge in [0.1, 0.15) is 12.1 Å². The van der Waals surface area contributed by atoms with Crippen LogP contribution in [0.2, 0.25) is 0 Å². The highest BCUT2D eigenvalue weighted by Gasteiger charge is 2.27. The smallest absolute Gasteiger partial charge is 0.326 e. The second-order valence-corrected chi connectivity index (χ2v) is 7.57. The number of unbranched alkanes of at least 4 members (excludes halogenated alkanes) is 1. The van der Waals surface area contributed by atoms with E-state index < -0.39 is 60.7 Å². The number of nitrogens with one attached hydrogen (secondary N) is 3. The summed E-state index contributed by atoms with van der Waals surface area (Å²) in [6.07, 6.45) is 2.97. The molecule has 3 unspecified atom stereocenters. The SMILES string of the molecule is CSCCC(N)C(=O)NCC(=O)NC(CC(N)=O)C(=O)NC(CCCCN)C(=O)O. The summed E-state index contributed by atoms with van der Waals surface area (Å²) in [4.78, 5) is 58.9. The number of carbonyl (C=O) groups is 5. The van der Waals surface area contributed by atoms with Crippen LogP contribution in [-0.2, 0) is 24.0 Å². The molecule has 0 rings (SSSR count). The van der Waals surface area contributed by atoms with Gasteiger partial charge in [-0.15, -0.1) is 0 Å². The lowest BCUT2D eigenvalue weighted by molar-refractivity contribution is -0.142. The second-order valence-electron chi connectivity index (χ2n) is 6.58. The van der Waals surface area contributed by atoms with Crippen LogP contribution in [0.3, 0.4) is 0 Å². The standard InChI is InChI=1S/C17H32N6O6S/c1-30-7-5-10(19)15(26)21-9-14(25)22-12(8-13(20)24)16(27)23-11(17(28)29)4-2-3-6-18/h10-12H,2-9,18-19H2,1H3,(H2,20,24)(H,21,26)(H,22,25)(H,23,27)(H,28,29). The van der Waals surface area contributed by atoms with Crippen LogP contribution in [0.15, 0.2) is 0 Å². The minimum atomic E-state index is -1.38. The van der Waals surface area contributed by atoms with Gasteiger partial charge in [-0.05, 0) is 44.2 Å². The maximum Gasteiger partial charge on any atom is 0.326 e. The predicted molar refractivity (Wildman–Crippen MR) is 112 cm³/mol. The molecule has 13 heteroatoms. The topological polar surface area (TPSA) is 220 Å². The Balaban J connectivity index is 4.83. The number of amides is 4. The first-order chi connectivity index (χ1) is 14.1. The number of aliphatic carboxylic acids is 1. The van der Waals surface area contributed by atoms with E-state index in [1.165, 1.54) is 11.8 Å². The van der Waals surface area contributed by atoms with Crippen molar-refractivity contribution < 1.29 is 29.1 Å². The fourth-order valence-corrected chi connectivity index (χ4v) is 2.84. The van der Waals surface area contributed by atoms with Crippen molar-refractivity contribution in [1.82, 2.24) is 16.0 Å². The molecule has 0 aliphatic heterocycles. The molecule has 0 aromatic rings. The lowest BCUT2D eigenvalue weighted by Crippen LogP contribution is -2.54. The number of carboxylic acid groups (broad SMARTS) is 1. The lowest BCUT2D eigenvalue weighted by atomic mass is 10.1. The third-order valence-electron chi connectivity index (χ3n) is 4.01. The summed E-state index contributed by atoms with van der Waals surface area (Å²) in [6, 6.07) is -3.36. The number of hydrogen-bond donors (Lipinski definition) is 7. The van der Waals surface area contributed by atoms with Gasteiger partial charge >= 0.3 is 5.97 Å². The van der Waals surface area contributed by atoms with Gasteiger partial charge in [0, 0.05) is 0 Å². The summed E-state index contributed by atoms with van der Waals surface area (Å²) >= 11 is 1.53. The summed E-state index contributed by atoms with van der Waals surface area (Å²) in [5.41, 5.74) is 16.2. The van der Waals surface area contributed by atoms with Crippen molar-refractivity contribution in [3.8, 4) is 0 Å². The summed E-state index contributed by atoms with van der Waals surface area (Å²) in [5.74, 6) is -3.59. The van der Waals surface area contributed by atoms with Gasteiger partial charge in [0.25, 0.3) is 0 Å². The van der Waals surface area contributed by atoms with Gasteiger partial charge < -0.3 is 38.3 Å². The molecule has 12 nitrogen and oxygen atoms in total. The first-order valence-electron chi connectivity index (χ1n) is 9.45. The van der Waals surface area contributed by atoms with Crippen LogP contribution in [0.4, 0.5) is 0 Å². The van der Waals surface area contributed by atoms with Crippen molar-refractivity contribution in [3.63, 3.8) is 0 Å². The average Bonchev–Trinajstić information content (AvgIpc) is 2.68. The zero-order valence-electron chi connectivity index (χ0n) is 17.0. The van der Waals surface area contributed by atoms with E-state index >= 15 is 0 Å². The molecule has 0 aromatic heterocycles. The van der Waals surface area contributed by atoms with E-state index in [0.717, 1.165) is 0 Å². The minimum absolute atomic E-state index is 0.138. The molecule has 0 aromatic carbocycles. The normalized spacial score (nSPS) is 13.6. The fraction of sp³-hybridized carbons (Fsp3) is 0.706. The summed E-state index contributed by atoms with van der Waals surface area (Å²) in [5, 5.41) is 16.1. The Labute approximate surface area is 179 Å². The predicted octanol–water partition coefficient (Wildman–Crippen LogP) is -2.76. The Kier molecular flexibility index (Phi) is 14.2. The Bertz CT molecular complexity index is 605. The fourth-order valence-electron chi connectivity index (χ4n) is 2.35. The second kappa shape index (κ2) is 15.5. The van der Waals surface area contributed by atoms with Gasteiger partial charge in [-0.2, -0.15) is 11.8 Å². The van der Waals surface area contributed by atoms with Crippen LogP contribution in [-0.4, -0.2) is 77.9 Å². The first kappa shape index (κ1) is 27.6. The van der Waals surface area contributed by atoms with Crippen LogP contribution in [0.5, 0.6) is 0 Å². The monoisotopic (exact) mass is 448 g/mol. The lowest BCUT2D eigenvalue weighted by Gasteiger charge is -2.21. The van der Waals surface area contributed by atoms with E-state index in [1.807, 2.05) is 6.26 Å². The zero-order valence-corrected chi connectivity index (χ0v) is 17.8. The van der Waals surface area contributed by atoms with E-state index in [1.54, 1.807) is 0 Å². The number of hydrogen-bond acceptors (Lipinski definition) is 8. The van der Waals surface area contributed by atoms with Crippen molar-refractivity contribution in [3.05, 3.63) is 0 Å². The van der Waals surface area contributed by atoms with Crippen molar-refractivity contribution in [2.45, 2.75) is 50.2 Å². The van der Waals surface area contributed by atoms with Gasteiger partial charge in [-0.1, -0.05) is 0 Å². The molecule has 172 valence electrons. The highest BCUT2D eigenvalue weighted by Crippen LogP contribution is 2.03. The van der Waals surface area contributed by atoms with E-state index in [2.05, 4.69) is 16.0 Å². The van der Waals surface area contributed by atoms with Gasteiger partial charge in [-0.3, -0.25) is 19.2 Å². The third kappa shape index (κ3) is 12.2. The molecule has 0 saturated carbocycles. The Morgan fingerprint density at radius 2 is 1.67 bits per heavy atom. The first-order valence-corrected chi connectivity index (χ1v) is 10.8. The Morgan fingerprint density at radius 3 is 2.20 bits per heavy atom. The van der Waals surface area contributed by atoms with Crippen LogP contribution in [0, 0.1) is 0 Å². The number of carboxylic acids is 1. The van der Waals surface area contributed by atoms with E-state index in [9.17, 15) is 29.1 Å². The molecular formula is C17H32N6O6S. The average molecular weight is 449 g/mol. The molecule has 0 radical (unpaired) electrons. The molecular weight excluding hydrogens is 416 g/mol. The van der Waals surface area contributed by atoms with E-state index in [4.69, 9.17) is 17.2 Å². The van der Waals surface area contributed by atoms with Gasteiger partial charge in [-0.25, -0.2) is 4.79 Å².